The summed E-state index contributed by atoms with van der Waals surface area (Å²) in [5.41, 5.74) is 4.25. The van der Waals surface area contributed by atoms with Crippen molar-refractivity contribution in [1.82, 2.24) is 5.43 Å². The standard InChI is InChI=1S/C25H22ClN3O5/c1-3-33-19-13-9-18(10-14-19)25(32)34-20-11-7-17(8-12-20)15-27-29-24(31)23(30)28-22-6-4-5-21(26)16(22)2/h4-15H,3H2,1-2H3,(H,28,30)(H,29,31). The molecular formula is C25H22ClN3O5. The maximum absolute atomic E-state index is 12.3. The van der Waals surface area contributed by atoms with Gasteiger partial charge in [-0.15, -0.1) is 0 Å². The lowest BCUT2D eigenvalue weighted by Gasteiger charge is -2.08. The zero-order valence-electron chi connectivity index (χ0n) is 18.5. The van der Waals surface area contributed by atoms with E-state index >= 15 is 0 Å². The van der Waals surface area contributed by atoms with Crippen LogP contribution in [-0.2, 0) is 9.59 Å². The van der Waals surface area contributed by atoms with Crippen LogP contribution in [0.5, 0.6) is 11.5 Å². The van der Waals surface area contributed by atoms with Gasteiger partial charge in [0.1, 0.15) is 11.5 Å². The summed E-state index contributed by atoms with van der Waals surface area (Å²) >= 11 is 6.01. The van der Waals surface area contributed by atoms with Gasteiger partial charge < -0.3 is 14.8 Å². The SMILES string of the molecule is CCOc1ccc(C(=O)Oc2ccc(C=NNC(=O)C(=O)Nc3cccc(Cl)c3C)cc2)cc1. The Labute approximate surface area is 201 Å². The Hall–Kier alpha value is -4.17. The van der Waals surface area contributed by atoms with Gasteiger partial charge in [0.15, 0.2) is 0 Å². The molecule has 174 valence electrons. The Bertz CT molecular complexity index is 1210. The maximum Gasteiger partial charge on any atom is 0.343 e. The van der Waals surface area contributed by atoms with Crippen molar-refractivity contribution >= 4 is 41.3 Å². The van der Waals surface area contributed by atoms with E-state index in [1.165, 1.54) is 6.21 Å². The normalized spacial score (nSPS) is 10.6. The number of anilines is 1. The van der Waals surface area contributed by atoms with Crippen LogP contribution < -0.4 is 20.2 Å². The molecule has 34 heavy (non-hydrogen) atoms. The molecule has 0 radical (unpaired) electrons. The number of benzene rings is 3. The first-order valence-electron chi connectivity index (χ1n) is 10.3. The first kappa shape index (κ1) is 24.5. The second-order valence-corrected chi connectivity index (χ2v) is 7.39. The fourth-order valence-corrected chi connectivity index (χ4v) is 2.95. The van der Waals surface area contributed by atoms with E-state index < -0.39 is 17.8 Å². The molecular weight excluding hydrogens is 458 g/mol. The van der Waals surface area contributed by atoms with Crippen molar-refractivity contribution in [1.29, 1.82) is 0 Å². The van der Waals surface area contributed by atoms with Crippen LogP contribution in [0, 0.1) is 6.92 Å². The largest absolute Gasteiger partial charge is 0.494 e. The predicted octanol–water partition coefficient (Wildman–Crippen LogP) is 4.36. The van der Waals surface area contributed by atoms with E-state index in [4.69, 9.17) is 21.1 Å². The van der Waals surface area contributed by atoms with Gasteiger partial charge in [-0.25, -0.2) is 10.2 Å². The van der Waals surface area contributed by atoms with Crippen molar-refractivity contribution in [2.24, 2.45) is 5.10 Å². The molecule has 3 rings (SSSR count). The fourth-order valence-electron chi connectivity index (χ4n) is 2.78. The number of rotatable bonds is 7. The van der Waals surface area contributed by atoms with Gasteiger partial charge >= 0.3 is 17.8 Å². The van der Waals surface area contributed by atoms with Crippen molar-refractivity contribution in [3.8, 4) is 11.5 Å². The van der Waals surface area contributed by atoms with Crippen LogP contribution in [0.3, 0.4) is 0 Å². The molecule has 0 bridgehead atoms. The third kappa shape index (κ3) is 6.66. The summed E-state index contributed by atoms with van der Waals surface area (Å²) in [7, 11) is 0. The van der Waals surface area contributed by atoms with E-state index in [1.54, 1.807) is 73.7 Å². The molecule has 0 saturated heterocycles. The lowest BCUT2D eigenvalue weighted by atomic mass is 10.2. The van der Waals surface area contributed by atoms with Crippen molar-refractivity contribution in [3.63, 3.8) is 0 Å². The average Bonchev–Trinajstić information content (AvgIpc) is 2.83. The summed E-state index contributed by atoms with van der Waals surface area (Å²) < 4.78 is 10.7. The van der Waals surface area contributed by atoms with E-state index in [1.807, 2.05) is 6.92 Å². The number of nitrogens with zero attached hydrogens (tertiary/aromatic N) is 1. The molecule has 0 atom stereocenters. The summed E-state index contributed by atoms with van der Waals surface area (Å²) in [4.78, 5) is 36.3. The number of hydrazone groups is 1. The van der Waals surface area contributed by atoms with E-state index in [2.05, 4.69) is 15.8 Å². The van der Waals surface area contributed by atoms with E-state index in [0.29, 0.717) is 45.5 Å². The van der Waals surface area contributed by atoms with Crippen LogP contribution in [0.4, 0.5) is 5.69 Å². The van der Waals surface area contributed by atoms with Gasteiger partial charge in [-0.3, -0.25) is 9.59 Å². The molecule has 2 amide bonds. The highest BCUT2D eigenvalue weighted by atomic mass is 35.5. The van der Waals surface area contributed by atoms with Gasteiger partial charge in [-0.1, -0.05) is 17.7 Å². The number of esters is 1. The lowest BCUT2D eigenvalue weighted by molar-refractivity contribution is -0.136. The second-order valence-electron chi connectivity index (χ2n) is 6.98. The van der Waals surface area contributed by atoms with Gasteiger partial charge in [0, 0.05) is 10.7 Å². The third-order valence-electron chi connectivity index (χ3n) is 4.59. The van der Waals surface area contributed by atoms with E-state index in [0.717, 1.165) is 0 Å². The highest BCUT2D eigenvalue weighted by molar-refractivity contribution is 6.40. The molecule has 3 aromatic rings. The van der Waals surface area contributed by atoms with Crippen LogP contribution in [0.2, 0.25) is 5.02 Å². The molecule has 3 aromatic carbocycles. The number of halogens is 1. The molecule has 0 spiro atoms. The smallest absolute Gasteiger partial charge is 0.343 e. The second kappa shape index (κ2) is 11.6. The van der Waals surface area contributed by atoms with Gasteiger partial charge in [-0.2, -0.15) is 5.10 Å². The molecule has 0 aliphatic carbocycles. The fraction of sp³-hybridized carbons (Fsp3) is 0.120. The first-order valence-corrected chi connectivity index (χ1v) is 10.7. The Kier molecular flexibility index (Phi) is 8.37. The minimum absolute atomic E-state index is 0.344. The average molecular weight is 480 g/mol. The molecule has 0 saturated carbocycles. The Morgan fingerprint density at radius 3 is 2.29 bits per heavy atom. The van der Waals surface area contributed by atoms with Crippen LogP contribution in [-0.4, -0.2) is 30.6 Å². The number of hydrogen-bond acceptors (Lipinski definition) is 6. The summed E-state index contributed by atoms with van der Waals surface area (Å²) in [6, 6.07) is 18.1. The molecule has 0 heterocycles. The number of ether oxygens (including phenoxy) is 2. The molecule has 9 heteroatoms. The number of nitrogens with one attached hydrogen (secondary N) is 2. The van der Waals surface area contributed by atoms with Gasteiger partial charge in [0.25, 0.3) is 0 Å². The van der Waals surface area contributed by atoms with Gasteiger partial charge in [-0.05, 0) is 85.6 Å². The maximum atomic E-state index is 12.3. The van der Waals surface area contributed by atoms with Crippen LogP contribution in [0.25, 0.3) is 0 Å². The number of hydrogen-bond donors (Lipinski definition) is 2. The third-order valence-corrected chi connectivity index (χ3v) is 5.00. The van der Waals surface area contributed by atoms with E-state index in [9.17, 15) is 14.4 Å². The Morgan fingerprint density at radius 1 is 0.941 bits per heavy atom. The quantitative estimate of drug-likeness (QED) is 0.172. The molecule has 0 aromatic heterocycles. The van der Waals surface area contributed by atoms with Crippen molar-refractivity contribution in [2.75, 3.05) is 11.9 Å². The minimum atomic E-state index is -0.934. The topological polar surface area (TPSA) is 106 Å². The molecule has 2 N–H and O–H groups in total. The molecule has 8 nitrogen and oxygen atoms in total. The predicted molar refractivity (Wildman–Crippen MR) is 130 cm³/mol. The zero-order valence-corrected chi connectivity index (χ0v) is 19.3. The summed E-state index contributed by atoms with van der Waals surface area (Å²) in [6.45, 7) is 4.15. The minimum Gasteiger partial charge on any atom is -0.494 e. The van der Waals surface area contributed by atoms with E-state index in [-0.39, 0.29) is 0 Å². The highest BCUT2D eigenvalue weighted by Gasteiger charge is 2.14. The number of carbonyl (C=O) groups excluding carboxylic acids is 3. The summed E-state index contributed by atoms with van der Waals surface area (Å²) in [5, 5.41) is 6.73. The van der Waals surface area contributed by atoms with Crippen LogP contribution in [0.1, 0.15) is 28.4 Å². The Balaban J connectivity index is 1.51. The number of carbonyl (C=O) groups is 3. The summed E-state index contributed by atoms with van der Waals surface area (Å²) in [6.07, 6.45) is 1.36. The molecule has 0 unspecified atom stereocenters. The first-order chi connectivity index (χ1) is 16.4. The van der Waals surface area contributed by atoms with Crippen LogP contribution >= 0.6 is 11.6 Å². The van der Waals surface area contributed by atoms with Crippen molar-refractivity contribution < 1.29 is 23.9 Å². The summed E-state index contributed by atoms with van der Waals surface area (Å²) in [5.74, 6) is -1.29. The van der Waals surface area contributed by atoms with Gasteiger partial charge in [0.2, 0.25) is 0 Å². The molecule has 0 fully saturated rings. The van der Waals surface area contributed by atoms with Crippen LogP contribution in [0.15, 0.2) is 71.8 Å². The number of amides is 2. The lowest BCUT2D eigenvalue weighted by Crippen LogP contribution is -2.32. The molecule has 0 aliphatic rings. The van der Waals surface area contributed by atoms with Crippen molar-refractivity contribution in [3.05, 3.63) is 88.4 Å². The van der Waals surface area contributed by atoms with Gasteiger partial charge in [0.05, 0.1) is 18.4 Å². The Morgan fingerprint density at radius 2 is 1.62 bits per heavy atom. The molecule has 0 aliphatic heterocycles. The highest BCUT2D eigenvalue weighted by Crippen LogP contribution is 2.22. The zero-order chi connectivity index (χ0) is 24.5. The monoisotopic (exact) mass is 479 g/mol. The van der Waals surface area contributed by atoms with Crippen molar-refractivity contribution in [2.45, 2.75) is 13.8 Å².